The summed E-state index contributed by atoms with van der Waals surface area (Å²) in [6.45, 7) is 7.00. The summed E-state index contributed by atoms with van der Waals surface area (Å²) < 4.78 is 5.72. The van der Waals surface area contributed by atoms with Gasteiger partial charge in [0.2, 0.25) is 0 Å². The van der Waals surface area contributed by atoms with E-state index in [4.69, 9.17) is 10.00 Å². The van der Waals surface area contributed by atoms with Crippen LogP contribution in [0.2, 0.25) is 0 Å². The van der Waals surface area contributed by atoms with Gasteiger partial charge in [0.25, 0.3) is 0 Å². The van der Waals surface area contributed by atoms with Gasteiger partial charge in [-0.25, -0.2) is 0 Å². The molecule has 3 nitrogen and oxygen atoms in total. The van der Waals surface area contributed by atoms with Gasteiger partial charge in [-0.3, -0.25) is 0 Å². The van der Waals surface area contributed by atoms with E-state index in [0.717, 1.165) is 25.0 Å². The van der Waals surface area contributed by atoms with Crippen molar-refractivity contribution < 1.29 is 4.74 Å². The highest BCUT2D eigenvalue weighted by Gasteiger charge is 2.19. The van der Waals surface area contributed by atoms with Crippen molar-refractivity contribution in [2.24, 2.45) is 0 Å². The number of nitriles is 1. The normalized spacial score (nSPS) is 13.8. The summed E-state index contributed by atoms with van der Waals surface area (Å²) in [6.07, 6.45) is 2.79. The molecule has 1 rings (SSSR count). The van der Waals surface area contributed by atoms with E-state index in [-0.39, 0.29) is 0 Å². The Morgan fingerprint density at radius 2 is 1.90 bits per heavy atom. The lowest BCUT2D eigenvalue weighted by Gasteiger charge is -2.20. The molecule has 20 heavy (non-hydrogen) atoms. The summed E-state index contributed by atoms with van der Waals surface area (Å²) in [7, 11) is 1.83. The van der Waals surface area contributed by atoms with Crippen molar-refractivity contribution in [1.29, 1.82) is 5.26 Å². The predicted octanol–water partition coefficient (Wildman–Crippen LogP) is 3.86. The molecule has 0 aliphatic heterocycles. The number of ether oxygens (including phenoxy) is 1. The van der Waals surface area contributed by atoms with E-state index in [1.54, 1.807) is 0 Å². The molecule has 0 saturated heterocycles. The van der Waals surface area contributed by atoms with E-state index in [1.165, 1.54) is 5.56 Å². The summed E-state index contributed by atoms with van der Waals surface area (Å²) >= 11 is 0. The molecule has 0 fully saturated rings. The topological polar surface area (TPSA) is 45.0 Å². The number of nitrogens with zero attached hydrogens (tertiary/aromatic N) is 1. The molecule has 0 aliphatic rings. The second-order valence-corrected chi connectivity index (χ2v) is 5.72. The molecule has 0 heterocycles. The third-order valence-electron chi connectivity index (χ3n) is 3.69. The van der Waals surface area contributed by atoms with Crippen LogP contribution in [-0.2, 0) is 0 Å². The van der Waals surface area contributed by atoms with Crippen LogP contribution in [0.1, 0.15) is 51.5 Å². The first-order valence-corrected chi connectivity index (χ1v) is 7.33. The Balaban J connectivity index is 2.26. The highest BCUT2D eigenvalue weighted by atomic mass is 16.5. The minimum atomic E-state index is -0.418. The van der Waals surface area contributed by atoms with Crippen LogP contribution in [0.3, 0.4) is 0 Å². The Morgan fingerprint density at radius 1 is 1.25 bits per heavy atom. The van der Waals surface area contributed by atoms with Crippen molar-refractivity contribution in [1.82, 2.24) is 5.32 Å². The first-order chi connectivity index (χ1) is 9.50. The first kappa shape index (κ1) is 16.5. The van der Waals surface area contributed by atoms with Crippen molar-refractivity contribution in [2.75, 3.05) is 13.7 Å². The van der Waals surface area contributed by atoms with Crippen LogP contribution in [0.4, 0.5) is 0 Å². The monoisotopic (exact) mass is 274 g/mol. The Morgan fingerprint density at radius 3 is 2.40 bits per heavy atom. The molecule has 1 atom stereocenters. The van der Waals surface area contributed by atoms with Gasteiger partial charge in [0.1, 0.15) is 11.3 Å². The molecule has 110 valence electrons. The SMILES string of the molecule is CNC(C)(C#N)CCCCOc1ccc(C(C)C)cc1. The fourth-order valence-corrected chi connectivity index (χ4v) is 1.96. The smallest absolute Gasteiger partial charge is 0.119 e. The first-order valence-electron chi connectivity index (χ1n) is 7.33. The van der Waals surface area contributed by atoms with Crippen LogP contribution >= 0.6 is 0 Å². The third kappa shape index (κ3) is 5.22. The lowest BCUT2D eigenvalue weighted by atomic mass is 9.97. The van der Waals surface area contributed by atoms with Gasteiger partial charge in [-0.1, -0.05) is 26.0 Å². The van der Waals surface area contributed by atoms with Crippen molar-refractivity contribution in [3.8, 4) is 11.8 Å². The molecule has 0 saturated carbocycles. The van der Waals surface area contributed by atoms with Crippen LogP contribution < -0.4 is 10.1 Å². The van der Waals surface area contributed by atoms with Crippen LogP contribution in [0.15, 0.2) is 24.3 Å². The number of rotatable bonds is 8. The molecule has 1 unspecified atom stereocenters. The van der Waals surface area contributed by atoms with E-state index >= 15 is 0 Å². The number of hydrogen-bond donors (Lipinski definition) is 1. The number of nitrogens with one attached hydrogen (secondary N) is 1. The Kier molecular flexibility index (Phi) is 6.54. The van der Waals surface area contributed by atoms with Crippen molar-refractivity contribution in [2.45, 2.75) is 51.5 Å². The molecular weight excluding hydrogens is 248 g/mol. The van der Waals surface area contributed by atoms with Gasteiger partial charge in [-0.15, -0.1) is 0 Å². The second-order valence-electron chi connectivity index (χ2n) is 5.72. The molecular formula is C17H26N2O. The lowest BCUT2D eigenvalue weighted by molar-refractivity contribution is 0.297. The average molecular weight is 274 g/mol. The van der Waals surface area contributed by atoms with Gasteiger partial charge < -0.3 is 10.1 Å². The maximum atomic E-state index is 9.05. The Bertz CT molecular complexity index is 433. The molecule has 1 aromatic carbocycles. The van der Waals surface area contributed by atoms with Gasteiger partial charge in [-0.2, -0.15) is 5.26 Å². The van der Waals surface area contributed by atoms with Gasteiger partial charge in [0, 0.05) is 0 Å². The summed E-state index contributed by atoms with van der Waals surface area (Å²) in [6, 6.07) is 10.6. The van der Waals surface area contributed by atoms with Gasteiger partial charge >= 0.3 is 0 Å². The summed E-state index contributed by atoms with van der Waals surface area (Å²) in [5.74, 6) is 1.47. The fraction of sp³-hybridized carbons (Fsp3) is 0.588. The summed E-state index contributed by atoms with van der Waals surface area (Å²) in [4.78, 5) is 0. The largest absolute Gasteiger partial charge is 0.494 e. The molecule has 0 spiro atoms. The second kappa shape index (κ2) is 7.91. The van der Waals surface area contributed by atoms with Crippen LogP contribution in [-0.4, -0.2) is 19.2 Å². The number of benzene rings is 1. The molecule has 1 N–H and O–H groups in total. The highest BCUT2D eigenvalue weighted by Crippen LogP contribution is 2.19. The zero-order chi connectivity index (χ0) is 15.0. The molecule has 0 aliphatic carbocycles. The summed E-state index contributed by atoms with van der Waals surface area (Å²) in [5.41, 5.74) is 0.912. The Labute approximate surface area is 123 Å². The molecule has 0 amide bonds. The van der Waals surface area contributed by atoms with Crippen LogP contribution in [0, 0.1) is 11.3 Å². The van der Waals surface area contributed by atoms with E-state index < -0.39 is 5.54 Å². The van der Waals surface area contributed by atoms with Gasteiger partial charge in [0.15, 0.2) is 0 Å². The molecule has 3 heteroatoms. The van der Waals surface area contributed by atoms with E-state index in [9.17, 15) is 0 Å². The zero-order valence-corrected chi connectivity index (χ0v) is 13.1. The van der Waals surface area contributed by atoms with E-state index in [0.29, 0.717) is 12.5 Å². The minimum absolute atomic E-state index is 0.418. The van der Waals surface area contributed by atoms with Crippen molar-refractivity contribution in [3.05, 3.63) is 29.8 Å². The van der Waals surface area contributed by atoms with Crippen molar-refractivity contribution in [3.63, 3.8) is 0 Å². The lowest BCUT2D eigenvalue weighted by Crippen LogP contribution is -2.37. The van der Waals surface area contributed by atoms with Crippen LogP contribution in [0.25, 0.3) is 0 Å². The number of hydrogen-bond acceptors (Lipinski definition) is 3. The third-order valence-corrected chi connectivity index (χ3v) is 3.69. The van der Waals surface area contributed by atoms with Crippen molar-refractivity contribution >= 4 is 0 Å². The molecule has 1 aromatic rings. The highest BCUT2D eigenvalue weighted by molar-refractivity contribution is 5.28. The molecule has 0 bridgehead atoms. The minimum Gasteiger partial charge on any atom is -0.494 e. The maximum absolute atomic E-state index is 9.05. The van der Waals surface area contributed by atoms with E-state index in [1.807, 2.05) is 26.1 Å². The van der Waals surface area contributed by atoms with Gasteiger partial charge in [0.05, 0.1) is 12.7 Å². The standard InChI is InChI=1S/C17H26N2O/c1-14(2)15-7-9-16(10-8-15)20-12-6-5-11-17(3,13-18)19-4/h7-10,14,19H,5-6,11-12H2,1-4H3. The predicted molar refractivity (Wildman–Crippen MR) is 83.0 cm³/mol. The molecule has 0 aromatic heterocycles. The fourth-order valence-electron chi connectivity index (χ4n) is 1.96. The maximum Gasteiger partial charge on any atom is 0.119 e. The zero-order valence-electron chi connectivity index (χ0n) is 13.1. The van der Waals surface area contributed by atoms with Crippen LogP contribution in [0.5, 0.6) is 5.75 Å². The van der Waals surface area contributed by atoms with E-state index in [2.05, 4.69) is 37.4 Å². The quantitative estimate of drug-likeness (QED) is 0.732. The molecule has 0 radical (unpaired) electrons. The summed E-state index contributed by atoms with van der Waals surface area (Å²) in [5, 5.41) is 12.1. The van der Waals surface area contributed by atoms with Gasteiger partial charge in [-0.05, 0) is 56.8 Å². The Hall–Kier alpha value is -1.53. The average Bonchev–Trinajstić information content (AvgIpc) is 2.47. The number of unbranched alkanes of at least 4 members (excludes halogenated alkanes) is 1.